The largest absolute Gasteiger partial charge is 0.457 e. The van der Waals surface area contributed by atoms with Crippen molar-refractivity contribution in [2.45, 2.75) is 5.41 Å². The summed E-state index contributed by atoms with van der Waals surface area (Å²) in [6.07, 6.45) is 0. The van der Waals surface area contributed by atoms with E-state index in [1.807, 2.05) is 0 Å². The average molecular weight is 741 g/mol. The zero-order valence-corrected chi connectivity index (χ0v) is 31.6. The Morgan fingerprint density at radius 3 is 1.72 bits per heavy atom. The fraction of sp³-hybridized carbons (Fsp3) is 0.0182. The Hall–Kier alpha value is -7.62. The van der Waals surface area contributed by atoms with E-state index in [2.05, 4.69) is 228 Å². The second-order valence-electron chi connectivity index (χ2n) is 15.2. The van der Waals surface area contributed by atoms with Crippen LogP contribution in [-0.4, -0.2) is 4.57 Å². The lowest BCUT2D eigenvalue weighted by Gasteiger charge is -2.39. The summed E-state index contributed by atoms with van der Waals surface area (Å²) in [5.41, 5.74) is 15.9. The van der Waals surface area contributed by atoms with Crippen molar-refractivity contribution in [2.75, 3.05) is 4.90 Å². The van der Waals surface area contributed by atoms with Gasteiger partial charge in [0.05, 0.1) is 22.1 Å². The first kappa shape index (κ1) is 32.6. The van der Waals surface area contributed by atoms with Gasteiger partial charge in [-0.25, -0.2) is 0 Å². The minimum atomic E-state index is -0.570. The molecule has 3 nitrogen and oxygen atoms in total. The molecule has 1 aliphatic heterocycles. The SMILES string of the molecule is c1ccc(-c2ccc(N(c3ccc4c5ccccc5n(-c5ccccc5)c4c3)c3cccc4c3-c3ccccc3C43c4ccccc4Oc4ccccc43)cc2)cc1. The molecule has 10 aromatic rings. The molecular formula is C55H36N2O. The van der Waals surface area contributed by atoms with Gasteiger partial charge in [0.15, 0.2) is 0 Å². The van der Waals surface area contributed by atoms with Crippen LogP contribution in [0, 0.1) is 0 Å². The van der Waals surface area contributed by atoms with Gasteiger partial charge >= 0.3 is 0 Å². The van der Waals surface area contributed by atoms with E-state index in [4.69, 9.17) is 4.74 Å². The second-order valence-corrected chi connectivity index (χ2v) is 15.2. The molecule has 0 unspecified atom stereocenters. The number of ether oxygens (including phenoxy) is 1. The van der Waals surface area contributed by atoms with E-state index in [1.54, 1.807) is 0 Å². The van der Waals surface area contributed by atoms with Gasteiger partial charge in [0.2, 0.25) is 0 Å². The zero-order valence-electron chi connectivity index (χ0n) is 31.6. The lowest BCUT2D eigenvalue weighted by Crippen LogP contribution is -2.32. The number of benzene rings is 9. The molecule has 2 aliphatic rings. The van der Waals surface area contributed by atoms with Crippen molar-refractivity contribution in [3.8, 4) is 39.4 Å². The van der Waals surface area contributed by atoms with E-state index in [0.717, 1.165) is 50.9 Å². The molecule has 0 amide bonds. The number of nitrogens with zero attached hydrogens (tertiary/aromatic N) is 2. The van der Waals surface area contributed by atoms with Crippen LogP contribution >= 0.6 is 0 Å². The number of hydrogen-bond acceptors (Lipinski definition) is 2. The second kappa shape index (κ2) is 12.7. The molecule has 2 heterocycles. The maximum absolute atomic E-state index is 6.66. The predicted octanol–water partition coefficient (Wildman–Crippen LogP) is 14.4. The van der Waals surface area contributed by atoms with Crippen LogP contribution < -0.4 is 9.64 Å². The van der Waals surface area contributed by atoms with Crippen molar-refractivity contribution in [3.05, 3.63) is 241 Å². The highest BCUT2D eigenvalue weighted by Crippen LogP contribution is 2.64. The van der Waals surface area contributed by atoms with Gasteiger partial charge in [-0.15, -0.1) is 0 Å². The van der Waals surface area contributed by atoms with Gasteiger partial charge in [0.1, 0.15) is 11.5 Å². The van der Waals surface area contributed by atoms with Crippen molar-refractivity contribution in [3.63, 3.8) is 0 Å². The fourth-order valence-corrected chi connectivity index (χ4v) is 9.88. The number of anilines is 3. The quantitative estimate of drug-likeness (QED) is 0.175. The summed E-state index contributed by atoms with van der Waals surface area (Å²) in [7, 11) is 0. The van der Waals surface area contributed by atoms with Crippen LogP contribution in [0.1, 0.15) is 22.3 Å². The fourth-order valence-electron chi connectivity index (χ4n) is 9.88. The van der Waals surface area contributed by atoms with Crippen LogP contribution in [-0.2, 0) is 5.41 Å². The first-order valence-electron chi connectivity index (χ1n) is 19.9. The highest BCUT2D eigenvalue weighted by molar-refractivity contribution is 6.11. The Labute approximate surface area is 337 Å². The molecule has 0 N–H and O–H groups in total. The Balaban J connectivity index is 1.15. The summed E-state index contributed by atoms with van der Waals surface area (Å²) < 4.78 is 9.06. The normalized spacial score (nSPS) is 13.1. The molecule has 1 aromatic heterocycles. The topological polar surface area (TPSA) is 17.4 Å². The molecule has 1 aliphatic carbocycles. The maximum Gasteiger partial charge on any atom is 0.132 e. The molecule has 272 valence electrons. The van der Waals surface area contributed by atoms with Crippen LogP contribution in [0.5, 0.6) is 11.5 Å². The molecule has 0 fully saturated rings. The Kier molecular flexibility index (Phi) is 7.14. The van der Waals surface area contributed by atoms with Crippen molar-refractivity contribution < 1.29 is 4.74 Å². The lowest BCUT2D eigenvalue weighted by molar-refractivity contribution is 0.436. The van der Waals surface area contributed by atoms with Gasteiger partial charge in [0.25, 0.3) is 0 Å². The van der Waals surface area contributed by atoms with Crippen LogP contribution in [0.3, 0.4) is 0 Å². The molecule has 1 spiro atoms. The van der Waals surface area contributed by atoms with Crippen LogP contribution in [0.4, 0.5) is 17.1 Å². The van der Waals surface area contributed by atoms with Gasteiger partial charge < -0.3 is 14.2 Å². The van der Waals surface area contributed by atoms with E-state index in [0.29, 0.717) is 0 Å². The van der Waals surface area contributed by atoms with Gasteiger partial charge in [-0.05, 0) is 88.5 Å². The summed E-state index contributed by atoms with van der Waals surface area (Å²) in [5.74, 6) is 1.78. The van der Waals surface area contributed by atoms with Crippen LogP contribution in [0.2, 0.25) is 0 Å². The van der Waals surface area contributed by atoms with E-state index in [1.165, 1.54) is 49.7 Å². The van der Waals surface area contributed by atoms with Gasteiger partial charge in [-0.1, -0.05) is 158 Å². The zero-order chi connectivity index (χ0) is 38.2. The smallest absolute Gasteiger partial charge is 0.132 e. The first-order chi connectivity index (χ1) is 28.8. The van der Waals surface area contributed by atoms with Crippen molar-refractivity contribution in [2.24, 2.45) is 0 Å². The van der Waals surface area contributed by atoms with E-state index < -0.39 is 5.41 Å². The van der Waals surface area contributed by atoms with Gasteiger partial charge in [0, 0.05) is 44.5 Å². The highest BCUT2D eigenvalue weighted by atomic mass is 16.5. The minimum Gasteiger partial charge on any atom is -0.457 e. The monoisotopic (exact) mass is 740 g/mol. The third-order valence-electron chi connectivity index (χ3n) is 12.3. The third-order valence-corrected chi connectivity index (χ3v) is 12.3. The van der Waals surface area contributed by atoms with E-state index in [9.17, 15) is 0 Å². The summed E-state index contributed by atoms with van der Waals surface area (Å²) in [6, 6.07) is 79.1. The predicted molar refractivity (Wildman–Crippen MR) is 238 cm³/mol. The van der Waals surface area contributed by atoms with Crippen molar-refractivity contribution in [1.29, 1.82) is 0 Å². The molecule has 0 saturated heterocycles. The number of aromatic nitrogens is 1. The molecule has 0 bridgehead atoms. The Morgan fingerprint density at radius 2 is 0.966 bits per heavy atom. The number of hydrogen-bond donors (Lipinski definition) is 0. The molecular weight excluding hydrogens is 705 g/mol. The molecule has 12 rings (SSSR count). The van der Waals surface area contributed by atoms with E-state index >= 15 is 0 Å². The molecule has 0 saturated carbocycles. The highest BCUT2D eigenvalue weighted by Gasteiger charge is 2.51. The molecule has 0 atom stereocenters. The van der Waals surface area contributed by atoms with Crippen molar-refractivity contribution >= 4 is 38.9 Å². The number of fused-ring (bicyclic) bond motifs is 12. The minimum absolute atomic E-state index is 0.570. The molecule has 9 aromatic carbocycles. The standard InChI is InChI=1S/C55H36N2O/c1-3-16-37(17-4-1)38-30-32-40(33-31-38)56(41-34-35-43-42-20-8-12-26-49(42)57(51(43)36-41)39-18-5-2-6-19-39)50-27-15-25-48-54(50)44-21-7-9-22-45(44)55(48)46-23-10-13-28-52(46)58-53-29-14-11-24-47(53)55/h1-36H. The lowest BCUT2D eigenvalue weighted by atomic mass is 9.66. The Morgan fingerprint density at radius 1 is 0.397 bits per heavy atom. The summed E-state index contributed by atoms with van der Waals surface area (Å²) in [5, 5.41) is 2.46. The third kappa shape index (κ3) is 4.62. The summed E-state index contributed by atoms with van der Waals surface area (Å²) in [4.78, 5) is 2.47. The van der Waals surface area contributed by atoms with Crippen molar-refractivity contribution in [1.82, 2.24) is 4.57 Å². The number of rotatable bonds is 5. The molecule has 58 heavy (non-hydrogen) atoms. The maximum atomic E-state index is 6.66. The van der Waals surface area contributed by atoms with Crippen LogP contribution in [0.25, 0.3) is 49.7 Å². The molecule has 3 heteroatoms. The van der Waals surface area contributed by atoms with Crippen LogP contribution in [0.15, 0.2) is 218 Å². The van der Waals surface area contributed by atoms with E-state index in [-0.39, 0.29) is 0 Å². The number of para-hydroxylation sites is 4. The molecule has 0 radical (unpaired) electrons. The summed E-state index contributed by atoms with van der Waals surface area (Å²) in [6.45, 7) is 0. The Bertz CT molecular complexity index is 3150. The van der Waals surface area contributed by atoms with Gasteiger partial charge in [-0.3, -0.25) is 0 Å². The summed E-state index contributed by atoms with van der Waals surface area (Å²) >= 11 is 0. The first-order valence-corrected chi connectivity index (χ1v) is 19.9. The average Bonchev–Trinajstić information content (AvgIpc) is 3.78. The van der Waals surface area contributed by atoms with Gasteiger partial charge in [-0.2, -0.15) is 0 Å².